The van der Waals surface area contributed by atoms with Gasteiger partial charge in [-0.3, -0.25) is 9.89 Å². The lowest BCUT2D eigenvalue weighted by molar-refractivity contribution is 0.0357. The number of fused-ring (bicyclic) bond motifs is 1. The van der Waals surface area contributed by atoms with Gasteiger partial charge in [-0.15, -0.1) is 0 Å². The van der Waals surface area contributed by atoms with E-state index in [1.165, 1.54) is 30.4 Å². The van der Waals surface area contributed by atoms with E-state index in [1.807, 2.05) is 24.8 Å². The summed E-state index contributed by atoms with van der Waals surface area (Å²) in [4.78, 5) is 14.8. The second-order valence-corrected chi connectivity index (χ2v) is 9.11. The number of aromatic amines is 1. The van der Waals surface area contributed by atoms with Crippen LogP contribution in [0, 0.1) is 5.92 Å². The minimum Gasteiger partial charge on any atom is -0.390 e. The third-order valence-electron chi connectivity index (χ3n) is 6.14. The summed E-state index contributed by atoms with van der Waals surface area (Å²) in [6.07, 6.45) is 7.52. The van der Waals surface area contributed by atoms with Crippen molar-refractivity contribution >= 4 is 5.91 Å². The molecule has 4 rings (SSSR count). The lowest BCUT2D eigenvalue weighted by atomic mass is 9.86. The number of amides is 1. The highest BCUT2D eigenvalue weighted by Crippen LogP contribution is 2.29. The van der Waals surface area contributed by atoms with Crippen LogP contribution in [0.3, 0.4) is 0 Å². The number of aliphatic hydroxyl groups is 1. The quantitative estimate of drug-likeness (QED) is 0.842. The van der Waals surface area contributed by atoms with Crippen LogP contribution >= 0.6 is 0 Å². The number of H-pyrrole nitrogens is 1. The smallest absolute Gasteiger partial charge is 0.271 e. The SMILES string of the molecule is CC(C)(O)CC1CCN(C(=O)c2cc(-c3ccc4c(c3)CCCC4)n[nH]2)CC1. The Labute approximate surface area is 167 Å². The summed E-state index contributed by atoms with van der Waals surface area (Å²) in [5.41, 5.74) is 4.73. The van der Waals surface area contributed by atoms with Crippen LogP contribution in [0.5, 0.6) is 0 Å². The van der Waals surface area contributed by atoms with Gasteiger partial charge in [0, 0.05) is 18.7 Å². The molecule has 2 N–H and O–H groups in total. The molecule has 0 saturated carbocycles. The van der Waals surface area contributed by atoms with E-state index in [2.05, 4.69) is 28.4 Å². The summed E-state index contributed by atoms with van der Waals surface area (Å²) in [6.45, 7) is 5.20. The average Bonchev–Trinajstić information content (AvgIpc) is 3.16. The molecule has 1 aliphatic carbocycles. The van der Waals surface area contributed by atoms with Crippen molar-refractivity contribution < 1.29 is 9.90 Å². The van der Waals surface area contributed by atoms with Gasteiger partial charge in [-0.25, -0.2) is 0 Å². The van der Waals surface area contributed by atoms with Gasteiger partial charge in [0.15, 0.2) is 0 Å². The van der Waals surface area contributed by atoms with Gasteiger partial charge in [-0.2, -0.15) is 5.10 Å². The number of aromatic nitrogens is 2. The van der Waals surface area contributed by atoms with Crippen LogP contribution in [0.4, 0.5) is 0 Å². The van der Waals surface area contributed by atoms with E-state index in [-0.39, 0.29) is 5.91 Å². The van der Waals surface area contributed by atoms with Crippen molar-refractivity contribution in [2.75, 3.05) is 13.1 Å². The van der Waals surface area contributed by atoms with E-state index >= 15 is 0 Å². The molecule has 0 bridgehead atoms. The summed E-state index contributed by atoms with van der Waals surface area (Å²) in [5, 5.41) is 17.4. The predicted octanol–water partition coefficient (Wildman–Crippen LogP) is 3.97. The molecule has 2 heterocycles. The van der Waals surface area contributed by atoms with Crippen molar-refractivity contribution in [3.05, 3.63) is 41.1 Å². The van der Waals surface area contributed by atoms with Gasteiger partial charge in [0.2, 0.25) is 0 Å². The number of nitrogens with zero attached hydrogens (tertiary/aromatic N) is 2. The molecular weight excluding hydrogens is 350 g/mol. The molecule has 5 nitrogen and oxygen atoms in total. The number of hydrogen-bond donors (Lipinski definition) is 2. The number of likely N-dealkylation sites (tertiary alicyclic amines) is 1. The van der Waals surface area contributed by atoms with Crippen LogP contribution in [0.15, 0.2) is 24.3 Å². The summed E-state index contributed by atoms with van der Waals surface area (Å²) in [6, 6.07) is 8.46. The zero-order valence-corrected chi connectivity index (χ0v) is 17.0. The molecule has 0 spiro atoms. The molecule has 28 heavy (non-hydrogen) atoms. The molecular formula is C23H31N3O2. The van der Waals surface area contributed by atoms with E-state index in [4.69, 9.17) is 0 Å². The minimum atomic E-state index is -0.635. The predicted molar refractivity (Wildman–Crippen MR) is 110 cm³/mol. The second-order valence-electron chi connectivity index (χ2n) is 9.11. The number of carbonyl (C=O) groups is 1. The fourth-order valence-corrected chi connectivity index (χ4v) is 4.69. The Morgan fingerprint density at radius 2 is 1.89 bits per heavy atom. The molecule has 0 radical (unpaired) electrons. The zero-order chi connectivity index (χ0) is 19.7. The molecule has 150 valence electrons. The molecule has 1 saturated heterocycles. The lowest BCUT2D eigenvalue weighted by Gasteiger charge is -2.34. The van der Waals surface area contributed by atoms with Gasteiger partial charge >= 0.3 is 0 Å². The van der Waals surface area contributed by atoms with Crippen molar-refractivity contribution in [3.63, 3.8) is 0 Å². The lowest BCUT2D eigenvalue weighted by Crippen LogP contribution is -2.40. The molecule has 1 amide bonds. The Morgan fingerprint density at radius 1 is 1.18 bits per heavy atom. The number of benzene rings is 1. The van der Waals surface area contributed by atoms with Crippen molar-refractivity contribution in [3.8, 4) is 11.3 Å². The fourth-order valence-electron chi connectivity index (χ4n) is 4.69. The van der Waals surface area contributed by atoms with Crippen molar-refractivity contribution in [2.45, 2.75) is 64.4 Å². The molecule has 5 heteroatoms. The number of aryl methyl sites for hydroxylation is 2. The van der Waals surface area contributed by atoms with E-state index in [9.17, 15) is 9.90 Å². The largest absolute Gasteiger partial charge is 0.390 e. The molecule has 0 unspecified atom stereocenters. The summed E-state index contributed by atoms with van der Waals surface area (Å²) >= 11 is 0. The average molecular weight is 382 g/mol. The Morgan fingerprint density at radius 3 is 2.61 bits per heavy atom. The van der Waals surface area contributed by atoms with Gasteiger partial charge in [0.1, 0.15) is 5.69 Å². The van der Waals surface area contributed by atoms with E-state index in [0.717, 1.165) is 50.0 Å². The van der Waals surface area contributed by atoms with Crippen molar-refractivity contribution in [2.24, 2.45) is 5.92 Å². The molecule has 1 aromatic heterocycles. The first-order chi connectivity index (χ1) is 13.4. The first kappa shape index (κ1) is 19.2. The molecule has 1 aliphatic heterocycles. The summed E-state index contributed by atoms with van der Waals surface area (Å²) in [5.74, 6) is 0.510. The highest BCUT2D eigenvalue weighted by molar-refractivity contribution is 5.93. The van der Waals surface area contributed by atoms with Crippen LogP contribution in [0.25, 0.3) is 11.3 Å². The van der Waals surface area contributed by atoms with Crippen LogP contribution < -0.4 is 0 Å². The van der Waals surface area contributed by atoms with E-state index < -0.39 is 5.60 Å². The highest BCUT2D eigenvalue weighted by atomic mass is 16.3. The standard InChI is InChI=1S/C23H31N3O2/c1-23(2,28)15-16-9-11-26(12-10-16)22(27)21-14-20(24-25-21)19-8-7-17-5-3-4-6-18(17)13-19/h7-8,13-14,16,28H,3-6,9-12,15H2,1-2H3,(H,24,25). The van der Waals surface area contributed by atoms with Crippen LogP contribution in [-0.4, -0.2) is 44.8 Å². The van der Waals surface area contributed by atoms with Crippen LogP contribution in [-0.2, 0) is 12.8 Å². The first-order valence-electron chi connectivity index (χ1n) is 10.6. The highest BCUT2D eigenvalue weighted by Gasteiger charge is 2.28. The number of piperidine rings is 1. The minimum absolute atomic E-state index is 0.0263. The van der Waals surface area contributed by atoms with Crippen LogP contribution in [0.2, 0.25) is 0 Å². The molecule has 1 aromatic carbocycles. The summed E-state index contributed by atoms with van der Waals surface area (Å²) < 4.78 is 0. The van der Waals surface area contributed by atoms with Crippen molar-refractivity contribution in [1.29, 1.82) is 0 Å². The van der Waals surface area contributed by atoms with Gasteiger partial charge in [-0.1, -0.05) is 12.1 Å². The van der Waals surface area contributed by atoms with E-state index in [1.54, 1.807) is 0 Å². The third-order valence-corrected chi connectivity index (χ3v) is 6.14. The molecule has 2 aromatic rings. The Bertz CT molecular complexity index is 842. The summed E-state index contributed by atoms with van der Waals surface area (Å²) in [7, 11) is 0. The second kappa shape index (κ2) is 7.70. The Hall–Kier alpha value is -2.14. The number of carbonyl (C=O) groups excluding carboxylic acids is 1. The van der Waals surface area contributed by atoms with Gasteiger partial charge in [0.25, 0.3) is 5.91 Å². The number of hydrogen-bond acceptors (Lipinski definition) is 3. The third kappa shape index (κ3) is 4.30. The van der Waals surface area contributed by atoms with E-state index in [0.29, 0.717) is 11.6 Å². The number of nitrogens with one attached hydrogen (secondary N) is 1. The monoisotopic (exact) mass is 381 g/mol. The van der Waals surface area contributed by atoms with Gasteiger partial charge in [0.05, 0.1) is 11.3 Å². The first-order valence-corrected chi connectivity index (χ1v) is 10.6. The van der Waals surface area contributed by atoms with Gasteiger partial charge in [-0.05, 0) is 88.0 Å². The Balaban J connectivity index is 1.41. The molecule has 0 atom stereocenters. The van der Waals surface area contributed by atoms with Gasteiger partial charge < -0.3 is 10.0 Å². The molecule has 1 fully saturated rings. The zero-order valence-electron chi connectivity index (χ0n) is 17.0. The maximum atomic E-state index is 12.9. The maximum Gasteiger partial charge on any atom is 0.271 e. The number of rotatable bonds is 4. The van der Waals surface area contributed by atoms with Crippen molar-refractivity contribution in [1.82, 2.24) is 15.1 Å². The topological polar surface area (TPSA) is 69.2 Å². The normalized spacial score (nSPS) is 18.2. The fraction of sp³-hybridized carbons (Fsp3) is 0.565. The van der Waals surface area contributed by atoms with Crippen LogP contribution in [0.1, 0.15) is 67.6 Å². The Kier molecular flexibility index (Phi) is 5.28. The maximum absolute atomic E-state index is 12.9. The molecule has 2 aliphatic rings.